The Morgan fingerprint density at radius 1 is 1.03 bits per heavy atom. The molecule has 3 heterocycles. The molecule has 0 saturated heterocycles. The van der Waals surface area contributed by atoms with Gasteiger partial charge in [-0.1, -0.05) is 12.1 Å². The molecule has 4 aromatic rings. The Morgan fingerprint density at radius 3 is 2.75 bits per heavy atom. The van der Waals surface area contributed by atoms with Crippen LogP contribution in [0.15, 0.2) is 76.1 Å². The normalized spacial score (nSPS) is 14.9. The van der Waals surface area contributed by atoms with Crippen molar-refractivity contribution in [1.29, 1.82) is 0 Å². The number of thiazole rings is 1. The molecule has 1 N–H and O–H groups in total. The minimum atomic E-state index is -0.427. The van der Waals surface area contributed by atoms with Crippen molar-refractivity contribution < 1.29 is 23.4 Å². The van der Waals surface area contributed by atoms with Gasteiger partial charge in [0.05, 0.1) is 17.1 Å². The topological polar surface area (TPSA) is 86.4 Å². The molecule has 0 aliphatic carbocycles. The Bertz CT molecular complexity index is 1610. The maximum Gasteiger partial charge on any atom is 0.262 e. The third-order valence-corrected chi connectivity index (χ3v) is 6.52. The predicted molar refractivity (Wildman–Crippen MR) is 134 cm³/mol. The number of benzene rings is 3. The van der Waals surface area contributed by atoms with Crippen LogP contribution < -0.4 is 24.3 Å². The van der Waals surface area contributed by atoms with Gasteiger partial charge in [-0.05, 0) is 55.5 Å². The van der Waals surface area contributed by atoms with Crippen LogP contribution in [0.5, 0.6) is 17.2 Å². The Balaban J connectivity index is 1.50. The highest BCUT2D eigenvalue weighted by Crippen LogP contribution is 2.34. The van der Waals surface area contributed by atoms with Crippen LogP contribution in [0.3, 0.4) is 0 Å². The number of amides is 1. The van der Waals surface area contributed by atoms with Gasteiger partial charge in [-0.15, -0.1) is 11.3 Å². The fourth-order valence-electron chi connectivity index (χ4n) is 3.89. The molecule has 0 fully saturated rings. The van der Waals surface area contributed by atoms with E-state index >= 15 is 0 Å². The second-order valence-electron chi connectivity index (χ2n) is 8.08. The lowest BCUT2D eigenvalue weighted by molar-refractivity contribution is -0.118. The van der Waals surface area contributed by atoms with Crippen molar-refractivity contribution in [2.45, 2.75) is 6.92 Å². The zero-order valence-electron chi connectivity index (χ0n) is 19.0. The van der Waals surface area contributed by atoms with Crippen molar-refractivity contribution in [3.05, 3.63) is 82.2 Å². The van der Waals surface area contributed by atoms with Crippen molar-refractivity contribution in [2.24, 2.45) is 10.1 Å². The quantitative estimate of drug-likeness (QED) is 0.402. The number of rotatable bonds is 4. The standard InChI is InChI=1S/C26H19FN4O4S/c1-15(16-6-9-23-24(11-16)35-14-34-23)30-31-21(13-36-26(31)29-19-5-3-2-4-18(19)27)17-7-8-22-20(10-17)28-25(32)12-33-22/h2-11,13H,12,14H2,1H3,(H,28,32). The zero-order chi connectivity index (χ0) is 24.6. The summed E-state index contributed by atoms with van der Waals surface area (Å²) in [6.07, 6.45) is 0. The summed E-state index contributed by atoms with van der Waals surface area (Å²) in [5.74, 6) is 1.29. The van der Waals surface area contributed by atoms with E-state index in [1.807, 2.05) is 42.6 Å². The van der Waals surface area contributed by atoms with Crippen molar-refractivity contribution >= 4 is 34.3 Å². The van der Waals surface area contributed by atoms with Gasteiger partial charge in [0, 0.05) is 16.5 Å². The minimum absolute atomic E-state index is 0.0184. The van der Waals surface area contributed by atoms with E-state index in [-0.39, 0.29) is 25.0 Å². The molecular weight excluding hydrogens is 483 g/mol. The lowest BCUT2D eigenvalue weighted by atomic mass is 10.1. The number of anilines is 1. The minimum Gasteiger partial charge on any atom is -0.482 e. The number of hydrogen-bond acceptors (Lipinski definition) is 7. The van der Waals surface area contributed by atoms with Crippen LogP contribution in [-0.4, -0.2) is 29.7 Å². The number of nitrogens with one attached hydrogen (secondary N) is 1. The molecule has 8 nitrogen and oxygen atoms in total. The van der Waals surface area contributed by atoms with Crippen molar-refractivity contribution in [3.8, 4) is 28.5 Å². The van der Waals surface area contributed by atoms with Gasteiger partial charge < -0.3 is 19.5 Å². The monoisotopic (exact) mass is 502 g/mol. The maximum absolute atomic E-state index is 14.4. The highest BCUT2D eigenvalue weighted by Gasteiger charge is 2.19. The average Bonchev–Trinajstić information content (AvgIpc) is 3.51. The molecule has 180 valence electrons. The number of ether oxygens (including phenoxy) is 3. The molecule has 3 aromatic carbocycles. The van der Waals surface area contributed by atoms with Gasteiger partial charge >= 0.3 is 0 Å². The summed E-state index contributed by atoms with van der Waals surface area (Å²) in [5.41, 5.74) is 3.82. The van der Waals surface area contributed by atoms with Gasteiger partial charge in [-0.2, -0.15) is 5.10 Å². The van der Waals surface area contributed by atoms with E-state index < -0.39 is 5.82 Å². The molecule has 0 saturated carbocycles. The summed E-state index contributed by atoms with van der Waals surface area (Å²) in [6.45, 7) is 2.04. The molecular formula is C26H19FN4O4S. The molecule has 0 atom stereocenters. The van der Waals surface area contributed by atoms with E-state index in [4.69, 9.17) is 19.3 Å². The van der Waals surface area contributed by atoms with E-state index in [0.717, 1.165) is 16.8 Å². The highest BCUT2D eigenvalue weighted by molar-refractivity contribution is 7.07. The Hall–Kier alpha value is -4.44. The van der Waals surface area contributed by atoms with Gasteiger partial charge in [0.1, 0.15) is 17.3 Å². The summed E-state index contributed by atoms with van der Waals surface area (Å²) < 4.78 is 32.5. The van der Waals surface area contributed by atoms with Gasteiger partial charge in [-0.3, -0.25) is 4.79 Å². The van der Waals surface area contributed by atoms with Gasteiger partial charge in [0.25, 0.3) is 5.91 Å². The number of fused-ring (bicyclic) bond motifs is 2. The molecule has 0 spiro atoms. The number of aromatic nitrogens is 1. The Kier molecular flexibility index (Phi) is 5.49. The summed E-state index contributed by atoms with van der Waals surface area (Å²) in [6, 6.07) is 17.4. The largest absolute Gasteiger partial charge is 0.482 e. The average molecular weight is 503 g/mol. The maximum atomic E-state index is 14.4. The molecule has 0 bridgehead atoms. The molecule has 1 aromatic heterocycles. The second-order valence-corrected chi connectivity index (χ2v) is 8.92. The molecule has 0 unspecified atom stereocenters. The number of halogens is 1. The lowest BCUT2D eigenvalue weighted by Gasteiger charge is -2.18. The van der Waals surface area contributed by atoms with Gasteiger partial charge in [-0.25, -0.2) is 14.1 Å². The molecule has 6 rings (SSSR count). The van der Waals surface area contributed by atoms with Crippen molar-refractivity contribution in [1.82, 2.24) is 4.68 Å². The molecule has 0 radical (unpaired) electrons. The Morgan fingerprint density at radius 2 is 1.86 bits per heavy atom. The van der Waals surface area contributed by atoms with Crippen LogP contribution in [0.25, 0.3) is 11.3 Å². The molecule has 10 heteroatoms. The van der Waals surface area contributed by atoms with Gasteiger partial charge in [0.2, 0.25) is 11.6 Å². The van der Waals surface area contributed by atoms with E-state index in [9.17, 15) is 9.18 Å². The third kappa shape index (κ3) is 4.11. The first kappa shape index (κ1) is 22.1. The predicted octanol–water partition coefficient (Wildman–Crippen LogP) is 4.92. The second kappa shape index (κ2) is 8.97. The van der Waals surface area contributed by atoms with Crippen LogP contribution in [0, 0.1) is 5.82 Å². The number of para-hydroxylation sites is 1. The first-order valence-electron chi connectivity index (χ1n) is 11.1. The first-order chi connectivity index (χ1) is 17.5. The molecule has 2 aliphatic rings. The van der Waals surface area contributed by atoms with Crippen molar-refractivity contribution in [2.75, 3.05) is 18.7 Å². The molecule has 1 amide bonds. The van der Waals surface area contributed by atoms with Crippen LogP contribution >= 0.6 is 11.3 Å². The van der Waals surface area contributed by atoms with Crippen LogP contribution in [0.4, 0.5) is 15.8 Å². The van der Waals surface area contributed by atoms with Gasteiger partial charge in [0.15, 0.2) is 18.1 Å². The van der Waals surface area contributed by atoms with Crippen LogP contribution in [0.2, 0.25) is 0 Å². The summed E-state index contributed by atoms with van der Waals surface area (Å²) >= 11 is 1.33. The highest BCUT2D eigenvalue weighted by atomic mass is 32.1. The number of carbonyl (C=O) groups excluding carboxylic acids is 1. The Labute approximate surface area is 208 Å². The smallest absolute Gasteiger partial charge is 0.262 e. The van der Waals surface area contributed by atoms with Crippen LogP contribution in [0.1, 0.15) is 12.5 Å². The SMILES string of the molecule is CC(=Nn1c(-c2ccc3c(c2)NC(=O)CO3)csc1=Nc1ccccc1F)c1ccc2c(c1)OCO2. The number of nitrogens with zero attached hydrogens (tertiary/aromatic N) is 3. The lowest BCUT2D eigenvalue weighted by Crippen LogP contribution is -2.25. The first-order valence-corrected chi connectivity index (χ1v) is 12.0. The number of carbonyl (C=O) groups is 1. The molecule has 2 aliphatic heterocycles. The van der Waals surface area contributed by atoms with E-state index in [1.54, 1.807) is 28.9 Å². The summed E-state index contributed by atoms with van der Waals surface area (Å²) in [7, 11) is 0. The zero-order valence-corrected chi connectivity index (χ0v) is 19.8. The third-order valence-electron chi connectivity index (χ3n) is 5.70. The van der Waals surface area contributed by atoms with E-state index in [1.165, 1.54) is 17.4 Å². The molecule has 36 heavy (non-hydrogen) atoms. The fourth-order valence-corrected chi connectivity index (χ4v) is 4.73. The van der Waals surface area contributed by atoms with Crippen molar-refractivity contribution in [3.63, 3.8) is 0 Å². The summed E-state index contributed by atoms with van der Waals surface area (Å²) in [5, 5.41) is 9.58. The fraction of sp³-hybridized carbons (Fsp3) is 0.115. The number of hydrogen-bond donors (Lipinski definition) is 1. The summed E-state index contributed by atoms with van der Waals surface area (Å²) in [4.78, 5) is 16.9. The van der Waals surface area contributed by atoms with Crippen LogP contribution in [-0.2, 0) is 4.79 Å². The van der Waals surface area contributed by atoms with E-state index in [2.05, 4.69) is 10.3 Å². The van der Waals surface area contributed by atoms with E-state index in [0.29, 0.717) is 33.4 Å².